The molecule has 0 bridgehead atoms. The number of rotatable bonds is 3. The Balaban J connectivity index is 1.95. The number of anilines is 1. The van der Waals surface area contributed by atoms with Gasteiger partial charge in [0.05, 0.1) is 17.4 Å². The zero-order chi connectivity index (χ0) is 13.1. The third kappa shape index (κ3) is 2.31. The van der Waals surface area contributed by atoms with Gasteiger partial charge in [-0.3, -0.25) is 9.97 Å². The van der Waals surface area contributed by atoms with Crippen LogP contribution in [0.3, 0.4) is 0 Å². The first-order valence-electron chi connectivity index (χ1n) is 6.70. The summed E-state index contributed by atoms with van der Waals surface area (Å²) in [6.45, 7) is 1.54. The molecule has 0 saturated carbocycles. The number of pyridine rings is 2. The summed E-state index contributed by atoms with van der Waals surface area (Å²) in [5.74, 6) is 0. The third-order valence-electron chi connectivity index (χ3n) is 3.71. The van der Waals surface area contributed by atoms with Crippen LogP contribution >= 0.6 is 0 Å². The van der Waals surface area contributed by atoms with Crippen molar-refractivity contribution in [2.75, 3.05) is 11.4 Å². The summed E-state index contributed by atoms with van der Waals surface area (Å²) in [7, 11) is 0. The van der Waals surface area contributed by atoms with Crippen molar-refractivity contribution in [2.45, 2.75) is 25.4 Å². The Kier molecular flexibility index (Phi) is 3.42. The largest absolute Gasteiger partial charge is 0.363 e. The molecule has 1 aliphatic rings. The first kappa shape index (κ1) is 12.1. The van der Waals surface area contributed by atoms with E-state index in [1.807, 2.05) is 24.7 Å². The lowest BCUT2D eigenvalue weighted by Gasteiger charge is -2.28. The topological polar surface area (TPSA) is 55.0 Å². The van der Waals surface area contributed by atoms with Gasteiger partial charge in [0, 0.05) is 31.7 Å². The van der Waals surface area contributed by atoms with Crippen LogP contribution < -0.4 is 10.6 Å². The minimum Gasteiger partial charge on any atom is -0.363 e. The second-order valence-electron chi connectivity index (χ2n) is 4.81. The molecule has 1 unspecified atom stereocenters. The predicted molar refractivity (Wildman–Crippen MR) is 75.7 cm³/mol. The number of aromatic nitrogens is 2. The van der Waals surface area contributed by atoms with E-state index in [-0.39, 0.29) is 0 Å². The SMILES string of the molecule is NCc1ncccc1N1CCCC1c1ccncc1. The lowest BCUT2D eigenvalue weighted by molar-refractivity contribution is 0.712. The molecule has 0 aliphatic carbocycles. The fraction of sp³-hybridized carbons (Fsp3) is 0.333. The molecule has 1 atom stereocenters. The monoisotopic (exact) mass is 254 g/mol. The molecule has 0 amide bonds. The summed E-state index contributed by atoms with van der Waals surface area (Å²) in [4.78, 5) is 10.9. The molecule has 19 heavy (non-hydrogen) atoms. The van der Waals surface area contributed by atoms with E-state index in [1.165, 1.54) is 24.1 Å². The van der Waals surface area contributed by atoms with Crippen molar-refractivity contribution in [3.8, 4) is 0 Å². The van der Waals surface area contributed by atoms with Gasteiger partial charge in [-0.15, -0.1) is 0 Å². The van der Waals surface area contributed by atoms with Crippen molar-refractivity contribution < 1.29 is 0 Å². The number of nitrogens with zero attached hydrogens (tertiary/aromatic N) is 3. The highest BCUT2D eigenvalue weighted by atomic mass is 15.2. The minimum atomic E-state index is 0.414. The van der Waals surface area contributed by atoms with Gasteiger partial charge >= 0.3 is 0 Å². The molecule has 3 heterocycles. The molecule has 1 aliphatic heterocycles. The van der Waals surface area contributed by atoms with Crippen LogP contribution in [-0.4, -0.2) is 16.5 Å². The molecular weight excluding hydrogens is 236 g/mol. The van der Waals surface area contributed by atoms with Crippen LogP contribution in [0.2, 0.25) is 0 Å². The maximum Gasteiger partial charge on any atom is 0.0772 e. The second-order valence-corrected chi connectivity index (χ2v) is 4.81. The summed E-state index contributed by atoms with van der Waals surface area (Å²) in [5.41, 5.74) is 9.27. The molecule has 3 rings (SSSR count). The molecule has 2 aromatic rings. The average Bonchev–Trinajstić information content (AvgIpc) is 2.97. The molecule has 1 fully saturated rings. The Labute approximate surface area is 113 Å². The van der Waals surface area contributed by atoms with E-state index in [0.717, 1.165) is 12.2 Å². The van der Waals surface area contributed by atoms with Crippen molar-refractivity contribution in [1.82, 2.24) is 9.97 Å². The standard InChI is InChI=1S/C15H18N4/c16-11-13-15(3-1-7-18-13)19-10-2-4-14(19)12-5-8-17-9-6-12/h1,3,5-9,14H,2,4,10-11,16H2. The summed E-state index contributed by atoms with van der Waals surface area (Å²) in [6.07, 6.45) is 7.90. The van der Waals surface area contributed by atoms with Gasteiger partial charge in [-0.25, -0.2) is 0 Å². The Morgan fingerprint density at radius 3 is 2.84 bits per heavy atom. The van der Waals surface area contributed by atoms with E-state index >= 15 is 0 Å². The molecule has 0 aromatic carbocycles. The fourth-order valence-electron chi connectivity index (χ4n) is 2.84. The summed E-state index contributed by atoms with van der Waals surface area (Å²) in [6, 6.07) is 8.71. The van der Waals surface area contributed by atoms with Crippen LogP contribution in [0.5, 0.6) is 0 Å². The van der Waals surface area contributed by atoms with Crippen LogP contribution in [0.1, 0.15) is 30.1 Å². The van der Waals surface area contributed by atoms with Gasteiger partial charge < -0.3 is 10.6 Å². The Hall–Kier alpha value is -1.94. The maximum atomic E-state index is 5.80. The first-order valence-corrected chi connectivity index (χ1v) is 6.70. The van der Waals surface area contributed by atoms with E-state index < -0.39 is 0 Å². The van der Waals surface area contributed by atoms with E-state index in [2.05, 4.69) is 33.1 Å². The number of hydrogen-bond donors (Lipinski definition) is 1. The van der Waals surface area contributed by atoms with Crippen LogP contribution in [0, 0.1) is 0 Å². The second kappa shape index (κ2) is 5.36. The Morgan fingerprint density at radius 2 is 2.05 bits per heavy atom. The van der Waals surface area contributed by atoms with Gasteiger partial charge in [-0.05, 0) is 42.7 Å². The van der Waals surface area contributed by atoms with Gasteiger partial charge in [0.2, 0.25) is 0 Å². The summed E-state index contributed by atoms with van der Waals surface area (Å²) < 4.78 is 0. The number of hydrogen-bond acceptors (Lipinski definition) is 4. The lowest BCUT2D eigenvalue weighted by Crippen LogP contribution is -2.24. The van der Waals surface area contributed by atoms with Crippen LogP contribution in [0.15, 0.2) is 42.9 Å². The predicted octanol–water partition coefficient (Wildman–Crippen LogP) is 2.28. The molecule has 98 valence electrons. The molecule has 4 heteroatoms. The van der Waals surface area contributed by atoms with Crippen molar-refractivity contribution in [2.24, 2.45) is 5.73 Å². The van der Waals surface area contributed by atoms with Crippen LogP contribution in [0.4, 0.5) is 5.69 Å². The Morgan fingerprint density at radius 1 is 1.21 bits per heavy atom. The Bertz CT molecular complexity index is 541. The quantitative estimate of drug-likeness (QED) is 0.913. The van der Waals surface area contributed by atoms with Crippen molar-refractivity contribution in [1.29, 1.82) is 0 Å². The van der Waals surface area contributed by atoms with E-state index in [4.69, 9.17) is 5.73 Å². The van der Waals surface area contributed by atoms with Gasteiger partial charge in [0.15, 0.2) is 0 Å². The van der Waals surface area contributed by atoms with Gasteiger partial charge in [-0.2, -0.15) is 0 Å². The smallest absolute Gasteiger partial charge is 0.0772 e. The molecule has 4 nitrogen and oxygen atoms in total. The van der Waals surface area contributed by atoms with Gasteiger partial charge in [0.25, 0.3) is 0 Å². The molecular formula is C15H18N4. The van der Waals surface area contributed by atoms with Crippen molar-refractivity contribution in [3.05, 3.63) is 54.1 Å². The normalized spacial score (nSPS) is 18.8. The zero-order valence-corrected chi connectivity index (χ0v) is 10.9. The molecule has 0 spiro atoms. The first-order chi connectivity index (χ1) is 9.40. The van der Waals surface area contributed by atoms with Crippen LogP contribution in [-0.2, 0) is 6.54 Å². The lowest BCUT2D eigenvalue weighted by atomic mass is 10.1. The highest BCUT2D eigenvalue weighted by Crippen LogP contribution is 2.36. The molecule has 0 radical (unpaired) electrons. The van der Waals surface area contributed by atoms with Crippen molar-refractivity contribution in [3.63, 3.8) is 0 Å². The molecule has 2 aromatic heterocycles. The molecule has 2 N–H and O–H groups in total. The molecule has 1 saturated heterocycles. The van der Waals surface area contributed by atoms with E-state index in [0.29, 0.717) is 12.6 Å². The average molecular weight is 254 g/mol. The van der Waals surface area contributed by atoms with Gasteiger partial charge in [-0.1, -0.05) is 0 Å². The summed E-state index contributed by atoms with van der Waals surface area (Å²) in [5, 5.41) is 0. The fourth-order valence-corrected chi connectivity index (χ4v) is 2.84. The minimum absolute atomic E-state index is 0.414. The van der Waals surface area contributed by atoms with Crippen molar-refractivity contribution >= 4 is 5.69 Å². The summed E-state index contributed by atoms with van der Waals surface area (Å²) >= 11 is 0. The zero-order valence-electron chi connectivity index (χ0n) is 10.9. The maximum absolute atomic E-state index is 5.80. The van der Waals surface area contributed by atoms with E-state index in [1.54, 1.807) is 0 Å². The van der Waals surface area contributed by atoms with Gasteiger partial charge in [0.1, 0.15) is 0 Å². The van der Waals surface area contributed by atoms with Crippen LogP contribution in [0.25, 0.3) is 0 Å². The highest BCUT2D eigenvalue weighted by Gasteiger charge is 2.27. The number of nitrogens with two attached hydrogens (primary N) is 1. The van der Waals surface area contributed by atoms with E-state index in [9.17, 15) is 0 Å². The highest BCUT2D eigenvalue weighted by molar-refractivity contribution is 5.53. The third-order valence-corrected chi connectivity index (χ3v) is 3.71.